The van der Waals surface area contributed by atoms with Crippen molar-refractivity contribution in [3.05, 3.63) is 30.3 Å². The van der Waals surface area contributed by atoms with Crippen LogP contribution in [0, 0.1) is 0 Å². The van der Waals surface area contributed by atoms with E-state index in [1.807, 2.05) is 6.07 Å². The van der Waals surface area contributed by atoms with Crippen molar-refractivity contribution < 1.29 is 28.5 Å². The van der Waals surface area contributed by atoms with Crippen LogP contribution in [0.25, 0.3) is 0 Å². The van der Waals surface area contributed by atoms with Crippen LogP contribution in [-0.4, -0.2) is 7.69 Å². The second kappa shape index (κ2) is 5.43. The van der Waals surface area contributed by atoms with Gasteiger partial charge in [0.25, 0.3) is 0 Å². The molecule has 0 saturated heterocycles. The van der Waals surface area contributed by atoms with Gasteiger partial charge in [-0.15, -0.1) is 0 Å². The Labute approximate surface area is 72.7 Å². The first-order chi connectivity index (χ1) is 4.43. The van der Waals surface area contributed by atoms with E-state index in [-0.39, 0.29) is 18.9 Å². The van der Waals surface area contributed by atoms with Crippen molar-refractivity contribution >= 4 is 7.69 Å². The monoisotopic (exact) mass is 127 g/mol. The van der Waals surface area contributed by atoms with E-state index in [2.05, 4.69) is 4.65 Å². The Bertz CT molecular complexity index is 169. The largest absolute Gasteiger partial charge is 1.00 e. The fraction of sp³-hybridized carbons (Fsp3) is 0. The molecule has 0 amide bonds. The Morgan fingerprint density at radius 1 is 1.20 bits per heavy atom. The molecule has 0 atom stereocenters. The average Bonchev–Trinajstić information content (AvgIpc) is 1.91. The van der Waals surface area contributed by atoms with Crippen LogP contribution >= 0.6 is 0 Å². The zero-order valence-corrected chi connectivity index (χ0v) is 5.78. The molecule has 0 aliphatic heterocycles. The second-order valence-corrected chi connectivity index (χ2v) is 1.53. The molecule has 10 heavy (non-hydrogen) atoms. The quantitative estimate of drug-likeness (QED) is 0.395. The predicted molar refractivity (Wildman–Crippen MR) is 32.8 cm³/mol. The van der Waals surface area contributed by atoms with Crippen molar-refractivity contribution in [3.8, 4) is 5.75 Å². The summed E-state index contributed by atoms with van der Waals surface area (Å²) < 4.78 is 4.53. The third kappa shape index (κ3) is 2.98. The Morgan fingerprint density at radius 3 is 2.30 bits per heavy atom. The van der Waals surface area contributed by atoms with Crippen molar-refractivity contribution in [3.63, 3.8) is 0 Å². The first-order valence-corrected chi connectivity index (χ1v) is 2.59. The molecule has 0 fully saturated rings. The van der Waals surface area contributed by atoms with Crippen LogP contribution in [0.2, 0.25) is 0 Å². The van der Waals surface area contributed by atoms with E-state index in [9.17, 15) is 5.02 Å². The van der Waals surface area contributed by atoms with E-state index < -0.39 is 0 Å². The number of rotatable bonds is 2. The van der Waals surface area contributed by atoms with Gasteiger partial charge in [0.2, 0.25) is 7.69 Å². The first-order valence-electron chi connectivity index (χ1n) is 2.59. The minimum Gasteiger partial charge on any atom is -0.850 e. The van der Waals surface area contributed by atoms with Gasteiger partial charge in [0.15, 0.2) is 0 Å². The molecule has 0 aliphatic carbocycles. The van der Waals surface area contributed by atoms with Crippen LogP contribution < -0.4 is 28.5 Å². The molecule has 1 rings (SSSR count). The number of hydrogen-bond donors (Lipinski definition) is 0. The normalized spacial score (nSPS) is 7.70. The summed E-state index contributed by atoms with van der Waals surface area (Å²) in [6, 6.07) is 8.90. The molecule has 4 heteroatoms. The van der Waals surface area contributed by atoms with Crippen LogP contribution in [0.1, 0.15) is 0 Å². The Hall–Kier alpha value is -0.358. The maximum Gasteiger partial charge on any atom is 1.00 e. The molecule has 1 radical (unpaired) electrons. The van der Waals surface area contributed by atoms with E-state index in [1.54, 1.807) is 24.3 Å². The van der Waals surface area contributed by atoms with Gasteiger partial charge in [-0.1, -0.05) is 18.2 Å². The molecular formula is C6H5BLiO2. The van der Waals surface area contributed by atoms with Gasteiger partial charge in [-0.25, -0.2) is 0 Å². The molecule has 1 aromatic carbocycles. The third-order valence-corrected chi connectivity index (χ3v) is 0.927. The van der Waals surface area contributed by atoms with Crippen LogP contribution in [-0.2, 0) is 0 Å². The standard InChI is InChI=1S/C6H5BO2.Li/c8-7-9-6-4-2-1-3-5-6;/h1-5H;/q-1;+1. The summed E-state index contributed by atoms with van der Waals surface area (Å²) in [6.45, 7) is 0. The maximum absolute atomic E-state index is 9.75. The van der Waals surface area contributed by atoms with Gasteiger partial charge in [0, 0.05) is 0 Å². The minimum absolute atomic E-state index is 0. The van der Waals surface area contributed by atoms with E-state index >= 15 is 0 Å². The predicted octanol–water partition coefficient (Wildman–Crippen LogP) is -3.04. The van der Waals surface area contributed by atoms with Crippen molar-refractivity contribution in [2.45, 2.75) is 0 Å². The third-order valence-electron chi connectivity index (χ3n) is 0.927. The van der Waals surface area contributed by atoms with Crippen molar-refractivity contribution in [2.24, 2.45) is 0 Å². The molecule has 0 aliphatic rings. The smallest absolute Gasteiger partial charge is 0.850 e. The van der Waals surface area contributed by atoms with Gasteiger partial charge in [0.1, 0.15) is 0 Å². The second-order valence-electron chi connectivity index (χ2n) is 1.53. The van der Waals surface area contributed by atoms with Crippen LogP contribution in [0.4, 0.5) is 0 Å². The Morgan fingerprint density at radius 2 is 1.80 bits per heavy atom. The fourth-order valence-corrected chi connectivity index (χ4v) is 0.555. The molecule has 45 valence electrons. The summed E-state index contributed by atoms with van der Waals surface area (Å²) in [5.74, 6) is 0.576. The van der Waals surface area contributed by atoms with E-state index in [1.165, 1.54) is 0 Å². The van der Waals surface area contributed by atoms with Crippen molar-refractivity contribution in [1.29, 1.82) is 0 Å². The van der Waals surface area contributed by atoms with Gasteiger partial charge in [-0.05, 0) is 12.1 Å². The van der Waals surface area contributed by atoms with Crippen LogP contribution in [0.15, 0.2) is 30.3 Å². The Balaban J connectivity index is 0.000000810. The van der Waals surface area contributed by atoms with Gasteiger partial charge in [0.05, 0.1) is 5.75 Å². The average molecular weight is 127 g/mol. The first kappa shape index (κ1) is 9.64. The van der Waals surface area contributed by atoms with E-state index in [4.69, 9.17) is 0 Å². The SMILES string of the molecule is [Li+].[O-][B]Oc1ccccc1. The molecule has 0 bridgehead atoms. The molecule has 0 saturated carbocycles. The number of hydrogen-bond acceptors (Lipinski definition) is 2. The summed E-state index contributed by atoms with van der Waals surface area (Å²) >= 11 is 0. The number of para-hydroxylation sites is 1. The molecule has 0 unspecified atom stereocenters. The summed E-state index contributed by atoms with van der Waals surface area (Å²) in [4.78, 5) is 0. The Kier molecular flexibility index (Phi) is 5.23. The zero-order chi connectivity index (χ0) is 6.53. The summed E-state index contributed by atoms with van der Waals surface area (Å²) in [6.07, 6.45) is 0. The van der Waals surface area contributed by atoms with Crippen molar-refractivity contribution in [1.82, 2.24) is 0 Å². The minimum atomic E-state index is 0. The van der Waals surface area contributed by atoms with Gasteiger partial charge < -0.3 is 9.68 Å². The molecule has 1 aromatic rings. The summed E-state index contributed by atoms with van der Waals surface area (Å²) in [5, 5.41) is 9.75. The fourth-order valence-electron chi connectivity index (χ4n) is 0.555. The van der Waals surface area contributed by atoms with E-state index in [0.29, 0.717) is 13.4 Å². The number of benzene rings is 1. The van der Waals surface area contributed by atoms with Gasteiger partial charge >= 0.3 is 18.9 Å². The van der Waals surface area contributed by atoms with Crippen LogP contribution in [0.5, 0.6) is 5.75 Å². The molecular weight excluding hydrogens is 122 g/mol. The topological polar surface area (TPSA) is 32.3 Å². The molecule has 0 heterocycles. The molecule has 0 spiro atoms. The van der Waals surface area contributed by atoms with Crippen molar-refractivity contribution in [2.75, 3.05) is 0 Å². The van der Waals surface area contributed by atoms with Gasteiger partial charge in [-0.2, -0.15) is 0 Å². The van der Waals surface area contributed by atoms with Gasteiger partial charge in [-0.3, -0.25) is 0 Å². The summed E-state index contributed by atoms with van der Waals surface area (Å²) in [7, 11) is 0.412. The summed E-state index contributed by atoms with van der Waals surface area (Å²) in [5.41, 5.74) is 0. The molecule has 2 nitrogen and oxygen atoms in total. The molecule has 0 aromatic heterocycles. The molecule has 0 N–H and O–H groups in total. The maximum atomic E-state index is 9.75. The van der Waals surface area contributed by atoms with E-state index in [0.717, 1.165) is 0 Å². The zero-order valence-electron chi connectivity index (χ0n) is 5.78. The van der Waals surface area contributed by atoms with Crippen LogP contribution in [0.3, 0.4) is 0 Å².